The number of carbonyl (C=O) groups is 7. The van der Waals surface area contributed by atoms with Gasteiger partial charge in [0.25, 0.3) is 5.91 Å². The minimum absolute atomic E-state index is 0.00434. The zero-order chi connectivity index (χ0) is 41.5. The number of hydrogen-bond acceptors (Lipinski definition) is 12. The maximum atomic E-state index is 13.0. The van der Waals surface area contributed by atoms with Gasteiger partial charge in [-0.2, -0.15) is 0 Å². The fourth-order valence-electron chi connectivity index (χ4n) is 5.98. The Bertz CT molecular complexity index is 1400. The maximum absolute atomic E-state index is 13.0. The molecule has 9 N–H and O–H groups in total. The van der Waals surface area contributed by atoms with E-state index in [4.69, 9.17) is 5.73 Å². The maximum Gasteiger partial charge on any atom is 0.317 e. The molecule has 1 saturated heterocycles. The number of hydrazine groups is 1. The Balaban J connectivity index is 1.77. The number of nitrogens with two attached hydrogens (primary N) is 1. The summed E-state index contributed by atoms with van der Waals surface area (Å²) in [5, 5.41) is 33.9. The van der Waals surface area contributed by atoms with Crippen molar-refractivity contribution in [3.63, 3.8) is 0 Å². The van der Waals surface area contributed by atoms with Crippen LogP contribution >= 0.6 is 0 Å². The summed E-state index contributed by atoms with van der Waals surface area (Å²) in [6, 6.07) is 6.60. The number of nitrogens with one attached hydrogen (secondary N) is 4. The van der Waals surface area contributed by atoms with Crippen molar-refractivity contribution < 1.29 is 48.9 Å². The van der Waals surface area contributed by atoms with Gasteiger partial charge in [0, 0.05) is 71.9 Å². The summed E-state index contributed by atoms with van der Waals surface area (Å²) in [5.74, 6) is -3.96. The van der Waals surface area contributed by atoms with Gasteiger partial charge in [0.05, 0.1) is 38.6 Å². The number of carboxylic acids is 3. The Kier molecular flexibility index (Phi) is 22.2. The summed E-state index contributed by atoms with van der Waals surface area (Å²) in [4.78, 5) is 90.7. The van der Waals surface area contributed by atoms with Gasteiger partial charge in [-0.3, -0.25) is 64.0 Å². The van der Waals surface area contributed by atoms with Crippen molar-refractivity contribution in [2.45, 2.75) is 65.0 Å². The molecule has 2 rings (SSSR count). The highest BCUT2D eigenvalue weighted by Gasteiger charge is 2.21. The van der Waals surface area contributed by atoms with Crippen LogP contribution in [0.3, 0.4) is 0 Å². The fourth-order valence-corrected chi connectivity index (χ4v) is 5.98. The molecule has 0 spiro atoms. The van der Waals surface area contributed by atoms with Gasteiger partial charge in [0.1, 0.15) is 0 Å². The summed E-state index contributed by atoms with van der Waals surface area (Å²) in [7, 11) is 0. The summed E-state index contributed by atoms with van der Waals surface area (Å²) in [6.07, 6.45) is 2.93. The van der Waals surface area contributed by atoms with Crippen molar-refractivity contribution >= 4 is 41.5 Å². The van der Waals surface area contributed by atoms with Crippen molar-refractivity contribution in [1.82, 2.24) is 41.1 Å². The van der Waals surface area contributed by atoms with E-state index >= 15 is 0 Å². The Hall–Kier alpha value is -4.69. The number of carboxylic acid groups (broad SMARTS) is 3. The van der Waals surface area contributed by atoms with E-state index in [9.17, 15) is 48.9 Å². The van der Waals surface area contributed by atoms with Gasteiger partial charge in [0.2, 0.25) is 17.7 Å². The number of nitrogens with zero attached hydrogens (tertiary/aromatic N) is 4. The normalized spacial score (nSPS) is 15.9. The highest BCUT2D eigenvalue weighted by atomic mass is 16.4. The molecule has 19 nitrogen and oxygen atoms in total. The molecule has 0 aromatic heterocycles. The van der Waals surface area contributed by atoms with Gasteiger partial charge in [-0.05, 0) is 36.3 Å². The molecule has 0 saturated carbocycles. The first-order valence-corrected chi connectivity index (χ1v) is 19.1. The van der Waals surface area contributed by atoms with Crippen LogP contribution in [-0.2, 0) is 46.5 Å². The molecule has 4 amide bonds. The molecule has 56 heavy (non-hydrogen) atoms. The number of aliphatic carboxylic acids is 3. The standard InChI is InChI=1S/C37H61N9O10/c1-27(2)20-30(38)37(56)42-41-31(47)6-4-3-5-11-39-32(48)21-28-7-9-29(10-8-28)22-40-33(49)23-43-12-14-44(24-34(50)51)16-18-46(26-36(54)55)19-17-45(15-13-43)25-35(52)53/h7-10,27,30H,3-6,11-26,38H2,1-2H3,(H,39,48)(H,40,49)(H,41,47)(H,42,56)(H,50,51)(H,52,53)(H,54,55)/t30-/m1/s1. The van der Waals surface area contributed by atoms with E-state index in [1.807, 2.05) is 43.0 Å². The predicted molar refractivity (Wildman–Crippen MR) is 206 cm³/mol. The minimum Gasteiger partial charge on any atom is -0.480 e. The smallest absolute Gasteiger partial charge is 0.317 e. The SMILES string of the molecule is CC(C)C[C@@H](N)C(=O)NNC(=O)CCCCCNC(=O)Cc1ccc(CNC(=O)CN2CCN(CC(=O)O)CCN(CC(=O)O)CCN(CC(=O)O)CC2)cc1. The van der Waals surface area contributed by atoms with E-state index in [2.05, 4.69) is 21.5 Å². The zero-order valence-corrected chi connectivity index (χ0v) is 32.7. The molecule has 1 aliphatic rings. The average Bonchev–Trinajstić information content (AvgIpc) is 3.11. The molecule has 1 fully saturated rings. The second-order valence-electron chi connectivity index (χ2n) is 14.5. The first-order valence-electron chi connectivity index (χ1n) is 19.1. The zero-order valence-electron chi connectivity index (χ0n) is 32.7. The van der Waals surface area contributed by atoms with E-state index in [0.717, 1.165) is 11.1 Å². The first kappa shape index (κ1) is 47.5. The predicted octanol–water partition coefficient (Wildman–Crippen LogP) is -1.48. The van der Waals surface area contributed by atoms with E-state index in [-0.39, 0.29) is 95.4 Å². The minimum atomic E-state index is -1.03. The van der Waals surface area contributed by atoms with Crippen LogP contribution in [0.5, 0.6) is 0 Å². The third-order valence-corrected chi connectivity index (χ3v) is 9.04. The van der Waals surface area contributed by atoms with E-state index in [1.165, 1.54) is 0 Å². The number of hydrogen-bond donors (Lipinski definition) is 8. The average molecular weight is 792 g/mol. The molecule has 314 valence electrons. The van der Waals surface area contributed by atoms with Crippen LogP contribution in [0.4, 0.5) is 0 Å². The molecule has 1 atom stereocenters. The molecule has 19 heteroatoms. The lowest BCUT2D eigenvalue weighted by Crippen LogP contribution is -2.49. The summed E-state index contributed by atoms with van der Waals surface area (Å²) in [5.41, 5.74) is 12.1. The number of carbonyl (C=O) groups excluding carboxylic acids is 4. The second kappa shape index (κ2) is 26.2. The highest BCUT2D eigenvalue weighted by Crippen LogP contribution is 2.07. The van der Waals surface area contributed by atoms with Crippen LogP contribution in [-0.4, -0.2) is 168 Å². The molecule has 0 radical (unpaired) electrons. The van der Waals surface area contributed by atoms with Crippen LogP contribution in [0, 0.1) is 5.92 Å². The molecular formula is C37H61N9O10. The molecule has 1 aromatic rings. The Labute approximate surface area is 328 Å². The molecule has 1 aromatic carbocycles. The van der Waals surface area contributed by atoms with Gasteiger partial charge in [-0.15, -0.1) is 0 Å². The molecule has 0 bridgehead atoms. The van der Waals surface area contributed by atoms with Crippen LogP contribution in [0.2, 0.25) is 0 Å². The van der Waals surface area contributed by atoms with Crippen LogP contribution in [0.15, 0.2) is 24.3 Å². The van der Waals surface area contributed by atoms with Gasteiger partial charge in [-0.1, -0.05) is 44.5 Å². The Morgan fingerprint density at radius 2 is 1.07 bits per heavy atom. The first-order chi connectivity index (χ1) is 26.6. The monoisotopic (exact) mass is 791 g/mol. The Morgan fingerprint density at radius 1 is 0.607 bits per heavy atom. The summed E-state index contributed by atoms with van der Waals surface area (Å²) < 4.78 is 0. The summed E-state index contributed by atoms with van der Waals surface area (Å²) >= 11 is 0. The Morgan fingerprint density at radius 3 is 1.54 bits per heavy atom. The molecule has 0 aliphatic carbocycles. The third-order valence-electron chi connectivity index (χ3n) is 9.04. The third kappa shape index (κ3) is 22.0. The highest BCUT2D eigenvalue weighted by molar-refractivity contribution is 5.85. The van der Waals surface area contributed by atoms with E-state index < -0.39 is 29.9 Å². The van der Waals surface area contributed by atoms with Gasteiger partial charge < -0.3 is 31.7 Å². The lowest BCUT2D eigenvalue weighted by atomic mass is 10.0. The molecule has 1 aliphatic heterocycles. The number of amides is 4. The molecular weight excluding hydrogens is 730 g/mol. The summed E-state index contributed by atoms with van der Waals surface area (Å²) in [6.45, 7) is 6.32. The van der Waals surface area contributed by atoms with Crippen LogP contribution in [0.25, 0.3) is 0 Å². The van der Waals surface area contributed by atoms with Crippen molar-refractivity contribution in [3.05, 3.63) is 35.4 Å². The van der Waals surface area contributed by atoms with E-state index in [1.54, 1.807) is 14.7 Å². The van der Waals surface area contributed by atoms with Gasteiger partial charge >= 0.3 is 17.9 Å². The van der Waals surface area contributed by atoms with Crippen LogP contribution in [0.1, 0.15) is 57.1 Å². The van der Waals surface area contributed by atoms with Crippen molar-refractivity contribution in [2.24, 2.45) is 11.7 Å². The number of rotatable bonds is 21. The van der Waals surface area contributed by atoms with Crippen molar-refractivity contribution in [3.8, 4) is 0 Å². The number of benzene rings is 1. The van der Waals surface area contributed by atoms with Gasteiger partial charge in [0.15, 0.2) is 0 Å². The van der Waals surface area contributed by atoms with E-state index in [0.29, 0.717) is 58.4 Å². The topological polar surface area (TPSA) is 267 Å². The van der Waals surface area contributed by atoms with Crippen molar-refractivity contribution in [1.29, 1.82) is 0 Å². The largest absolute Gasteiger partial charge is 0.480 e. The lowest BCUT2D eigenvalue weighted by Gasteiger charge is -2.32. The molecule has 1 heterocycles. The number of unbranched alkanes of at least 4 members (excludes halogenated alkanes) is 2. The lowest BCUT2D eigenvalue weighted by molar-refractivity contribution is -0.140. The fraction of sp³-hybridized carbons (Fsp3) is 0.649. The van der Waals surface area contributed by atoms with Crippen molar-refractivity contribution in [2.75, 3.05) is 85.1 Å². The van der Waals surface area contributed by atoms with Crippen LogP contribution < -0.4 is 27.2 Å². The molecule has 0 unspecified atom stereocenters. The second-order valence-corrected chi connectivity index (χ2v) is 14.5. The van der Waals surface area contributed by atoms with Gasteiger partial charge in [-0.25, -0.2) is 0 Å². The quantitative estimate of drug-likeness (QED) is 0.0521.